The summed E-state index contributed by atoms with van der Waals surface area (Å²) in [7, 11) is 2.49. The highest BCUT2D eigenvalue weighted by Gasteiger charge is 2.61. The highest BCUT2D eigenvalue weighted by Crippen LogP contribution is 2.57. The van der Waals surface area contributed by atoms with E-state index in [1.54, 1.807) is 18.2 Å². The molecule has 0 N–H and O–H groups in total. The fraction of sp³-hybridized carbons (Fsp3) is 0.316. The van der Waals surface area contributed by atoms with Crippen molar-refractivity contribution in [3.63, 3.8) is 0 Å². The maximum atomic E-state index is 12.4. The van der Waals surface area contributed by atoms with E-state index in [0.717, 1.165) is 5.56 Å². The summed E-state index contributed by atoms with van der Waals surface area (Å²) in [6, 6.07) is 7.20. The lowest BCUT2D eigenvalue weighted by Crippen LogP contribution is -2.41. The zero-order chi connectivity index (χ0) is 17.5. The summed E-state index contributed by atoms with van der Waals surface area (Å²) in [5.74, 6) is -1.39. The van der Waals surface area contributed by atoms with E-state index in [9.17, 15) is 14.4 Å². The maximum absolute atomic E-state index is 12.4. The number of methoxy groups -OCH3 is 2. The van der Waals surface area contributed by atoms with Crippen molar-refractivity contribution < 1.29 is 23.9 Å². The highest BCUT2D eigenvalue weighted by molar-refractivity contribution is 6.08. The number of carbonyl (C=O) groups excluding carboxylic acids is 3. The van der Waals surface area contributed by atoms with Gasteiger partial charge in [0.2, 0.25) is 0 Å². The van der Waals surface area contributed by atoms with Crippen LogP contribution in [-0.2, 0) is 24.5 Å². The molecule has 0 aliphatic heterocycles. The highest BCUT2D eigenvalue weighted by atomic mass is 16.5. The average Bonchev–Trinajstić information content (AvgIpc) is 2.92. The number of fused-ring (bicyclic) bond motifs is 2. The molecule has 1 unspecified atom stereocenters. The number of hydrogen-bond acceptors (Lipinski definition) is 5. The minimum atomic E-state index is -1.45. The predicted octanol–water partition coefficient (Wildman–Crippen LogP) is 2.36. The molecule has 0 saturated heterocycles. The van der Waals surface area contributed by atoms with Crippen LogP contribution in [0.25, 0.3) is 0 Å². The Kier molecular flexibility index (Phi) is 3.67. The van der Waals surface area contributed by atoms with Gasteiger partial charge >= 0.3 is 11.9 Å². The first-order chi connectivity index (χ1) is 11.4. The molecular formula is C19H18O5. The number of ketones is 1. The molecule has 1 atom stereocenters. The first-order valence-electron chi connectivity index (χ1n) is 7.59. The molecule has 5 nitrogen and oxygen atoms in total. The number of esters is 2. The summed E-state index contributed by atoms with van der Waals surface area (Å²) in [5.41, 5.74) is -0.191. The Morgan fingerprint density at radius 2 is 1.75 bits per heavy atom. The molecule has 3 rings (SSSR count). The third-order valence-electron chi connectivity index (χ3n) is 5.07. The smallest absolute Gasteiger partial charge is 0.323 e. The standard InChI is InChI=1S/C19H18O5/c1-12-10-19(16(21)23-2,17(22)24-3)11-18(12)9-8-15(20)13-6-4-5-7-14(13)18/h4-9H,1,10-11H2,2-3H3. The third kappa shape index (κ3) is 1.97. The van der Waals surface area contributed by atoms with Crippen LogP contribution < -0.4 is 0 Å². The Morgan fingerprint density at radius 1 is 1.12 bits per heavy atom. The summed E-state index contributed by atoms with van der Waals surface area (Å²) in [5, 5.41) is 0. The van der Waals surface area contributed by atoms with Crippen LogP contribution in [0, 0.1) is 5.41 Å². The number of ether oxygens (including phenoxy) is 2. The van der Waals surface area contributed by atoms with Crippen LogP contribution in [0.4, 0.5) is 0 Å². The molecule has 1 saturated carbocycles. The number of carbonyl (C=O) groups is 3. The number of benzene rings is 1. The van der Waals surface area contributed by atoms with Gasteiger partial charge in [-0.3, -0.25) is 14.4 Å². The van der Waals surface area contributed by atoms with Gasteiger partial charge in [0.05, 0.1) is 14.2 Å². The topological polar surface area (TPSA) is 69.7 Å². The van der Waals surface area contributed by atoms with E-state index in [0.29, 0.717) is 11.1 Å². The van der Waals surface area contributed by atoms with Gasteiger partial charge in [-0.25, -0.2) is 0 Å². The first kappa shape index (κ1) is 16.2. The van der Waals surface area contributed by atoms with Crippen molar-refractivity contribution >= 4 is 17.7 Å². The quantitative estimate of drug-likeness (QED) is 0.474. The third-order valence-corrected chi connectivity index (χ3v) is 5.07. The summed E-state index contributed by atoms with van der Waals surface area (Å²) >= 11 is 0. The summed E-state index contributed by atoms with van der Waals surface area (Å²) < 4.78 is 9.76. The lowest BCUT2D eigenvalue weighted by atomic mass is 9.69. The molecule has 124 valence electrons. The van der Waals surface area contributed by atoms with Crippen molar-refractivity contribution in [3.8, 4) is 0 Å². The van der Waals surface area contributed by atoms with Crippen molar-refractivity contribution in [2.45, 2.75) is 18.3 Å². The minimum absolute atomic E-state index is 0.0994. The number of rotatable bonds is 2. The second kappa shape index (κ2) is 5.44. The fourth-order valence-electron chi connectivity index (χ4n) is 3.90. The van der Waals surface area contributed by atoms with Crippen LogP contribution in [0.15, 0.2) is 48.6 Å². The Morgan fingerprint density at radius 3 is 2.38 bits per heavy atom. The van der Waals surface area contributed by atoms with Crippen molar-refractivity contribution in [1.29, 1.82) is 0 Å². The van der Waals surface area contributed by atoms with Crippen molar-refractivity contribution in [1.82, 2.24) is 0 Å². The number of allylic oxidation sites excluding steroid dienone is 3. The number of hydrogen-bond donors (Lipinski definition) is 0. The van der Waals surface area contributed by atoms with Crippen LogP contribution in [0.3, 0.4) is 0 Å². The van der Waals surface area contributed by atoms with Gasteiger partial charge in [0.15, 0.2) is 11.2 Å². The lowest BCUT2D eigenvalue weighted by molar-refractivity contribution is -0.168. The van der Waals surface area contributed by atoms with Gasteiger partial charge < -0.3 is 9.47 Å². The van der Waals surface area contributed by atoms with Gasteiger partial charge in [0, 0.05) is 11.0 Å². The van der Waals surface area contributed by atoms with Crippen LogP contribution >= 0.6 is 0 Å². The van der Waals surface area contributed by atoms with Crippen LogP contribution in [-0.4, -0.2) is 31.9 Å². The van der Waals surface area contributed by atoms with E-state index < -0.39 is 22.8 Å². The van der Waals surface area contributed by atoms with Gasteiger partial charge in [-0.2, -0.15) is 0 Å². The SMILES string of the molecule is C=C1CC(C(=O)OC)(C(=O)OC)CC12C=CC(=O)c1ccccc12. The second-order valence-electron chi connectivity index (χ2n) is 6.24. The zero-order valence-electron chi connectivity index (χ0n) is 13.6. The molecule has 0 aromatic heterocycles. The molecule has 0 radical (unpaired) electrons. The van der Waals surface area contributed by atoms with Crippen LogP contribution in [0.5, 0.6) is 0 Å². The van der Waals surface area contributed by atoms with Gasteiger partial charge in [-0.15, -0.1) is 0 Å². The molecule has 5 heteroatoms. The second-order valence-corrected chi connectivity index (χ2v) is 6.24. The summed E-state index contributed by atoms with van der Waals surface area (Å²) in [6.07, 6.45) is 3.49. The Labute approximate surface area is 139 Å². The van der Waals surface area contributed by atoms with E-state index in [4.69, 9.17) is 9.47 Å². The average molecular weight is 326 g/mol. The van der Waals surface area contributed by atoms with E-state index >= 15 is 0 Å². The molecule has 1 aromatic rings. The largest absolute Gasteiger partial charge is 0.468 e. The normalized spacial score (nSPS) is 23.9. The van der Waals surface area contributed by atoms with E-state index in [2.05, 4.69) is 6.58 Å². The Bertz CT molecular complexity index is 773. The van der Waals surface area contributed by atoms with Gasteiger partial charge in [-0.1, -0.05) is 42.5 Å². The molecular weight excluding hydrogens is 308 g/mol. The zero-order valence-corrected chi connectivity index (χ0v) is 13.6. The van der Waals surface area contributed by atoms with Gasteiger partial charge in [0.25, 0.3) is 0 Å². The van der Waals surface area contributed by atoms with Crippen LogP contribution in [0.1, 0.15) is 28.8 Å². The molecule has 24 heavy (non-hydrogen) atoms. The van der Waals surface area contributed by atoms with E-state index in [-0.39, 0.29) is 18.6 Å². The molecule has 0 amide bonds. The monoisotopic (exact) mass is 326 g/mol. The lowest BCUT2D eigenvalue weighted by Gasteiger charge is -2.33. The Balaban J connectivity index is 2.19. The molecule has 1 fully saturated rings. The molecule has 2 aliphatic rings. The van der Waals surface area contributed by atoms with Crippen molar-refractivity contribution in [2.75, 3.05) is 14.2 Å². The molecule has 1 aromatic carbocycles. The molecule has 2 aliphatic carbocycles. The van der Waals surface area contributed by atoms with Gasteiger partial charge in [-0.05, 0) is 24.5 Å². The first-order valence-corrected chi connectivity index (χ1v) is 7.59. The fourth-order valence-corrected chi connectivity index (χ4v) is 3.90. The van der Waals surface area contributed by atoms with E-state index in [1.165, 1.54) is 20.3 Å². The molecule has 0 bridgehead atoms. The minimum Gasteiger partial charge on any atom is -0.468 e. The predicted molar refractivity (Wildman–Crippen MR) is 86.4 cm³/mol. The van der Waals surface area contributed by atoms with Crippen molar-refractivity contribution in [3.05, 3.63) is 59.7 Å². The summed E-state index contributed by atoms with van der Waals surface area (Å²) in [4.78, 5) is 37.0. The van der Waals surface area contributed by atoms with Gasteiger partial charge in [0.1, 0.15) is 0 Å². The molecule has 0 heterocycles. The summed E-state index contributed by atoms with van der Waals surface area (Å²) in [6.45, 7) is 4.11. The van der Waals surface area contributed by atoms with Crippen LogP contribution in [0.2, 0.25) is 0 Å². The van der Waals surface area contributed by atoms with E-state index in [1.807, 2.05) is 12.1 Å². The molecule has 1 spiro atoms. The Hall–Kier alpha value is -2.69. The maximum Gasteiger partial charge on any atom is 0.323 e. The van der Waals surface area contributed by atoms with Crippen molar-refractivity contribution in [2.24, 2.45) is 5.41 Å².